The van der Waals surface area contributed by atoms with E-state index in [9.17, 15) is 8.42 Å². The molecule has 2 aromatic carbocycles. The van der Waals surface area contributed by atoms with Crippen LogP contribution in [0.5, 0.6) is 5.75 Å². The molecule has 0 fully saturated rings. The second-order valence-corrected chi connectivity index (χ2v) is 7.48. The zero-order valence-electron chi connectivity index (χ0n) is 12.1. The number of sulfonamides is 1. The molecule has 0 amide bonds. The van der Waals surface area contributed by atoms with Crippen molar-refractivity contribution in [1.82, 2.24) is 0 Å². The smallest absolute Gasteiger partial charge is 0.264 e. The molecule has 0 radical (unpaired) electrons. The van der Waals surface area contributed by atoms with Crippen LogP contribution in [-0.2, 0) is 10.0 Å². The molecule has 0 aliphatic carbocycles. The van der Waals surface area contributed by atoms with E-state index >= 15 is 0 Å². The highest BCUT2D eigenvalue weighted by Gasteiger charge is 2.25. The van der Waals surface area contributed by atoms with Gasteiger partial charge >= 0.3 is 0 Å². The zero-order valence-corrected chi connectivity index (χ0v) is 15.0. The van der Waals surface area contributed by atoms with Gasteiger partial charge in [0, 0.05) is 9.64 Å². The maximum atomic E-state index is 12.9. The molecule has 0 saturated carbocycles. The Morgan fingerprint density at radius 1 is 1.23 bits per heavy atom. The maximum absolute atomic E-state index is 12.9. The standard InChI is InChI=1S/C16H16INO3S/c1-3-11-18(16-12-13(21-2)9-10-15(16)17)22(19,20)14-7-5-4-6-8-14/h3-10,12H,1,11H2,2H3. The minimum atomic E-state index is -3.66. The van der Waals surface area contributed by atoms with E-state index in [1.165, 1.54) is 4.31 Å². The van der Waals surface area contributed by atoms with E-state index in [2.05, 4.69) is 29.2 Å². The van der Waals surface area contributed by atoms with E-state index in [4.69, 9.17) is 4.74 Å². The van der Waals surface area contributed by atoms with Crippen molar-refractivity contribution in [2.75, 3.05) is 18.0 Å². The van der Waals surface area contributed by atoms with Crippen LogP contribution in [0.25, 0.3) is 0 Å². The minimum Gasteiger partial charge on any atom is -0.497 e. The van der Waals surface area contributed by atoms with Gasteiger partial charge < -0.3 is 4.74 Å². The van der Waals surface area contributed by atoms with Crippen LogP contribution < -0.4 is 9.04 Å². The van der Waals surface area contributed by atoms with Crippen LogP contribution >= 0.6 is 22.6 Å². The number of anilines is 1. The van der Waals surface area contributed by atoms with Gasteiger partial charge in [-0.15, -0.1) is 6.58 Å². The van der Waals surface area contributed by atoms with Gasteiger partial charge in [-0.25, -0.2) is 8.42 Å². The van der Waals surface area contributed by atoms with Crippen molar-refractivity contribution in [1.29, 1.82) is 0 Å². The summed E-state index contributed by atoms with van der Waals surface area (Å²) in [5.41, 5.74) is 0.573. The molecule has 0 unspecified atom stereocenters. The SMILES string of the molecule is C=CCN(c1cc(OC)ccc1I)S(=O)(=O)c1ccccc1. The molecule has 116 valence electrons. The summed E-state index contributed by atoms with van der Waals surface area (Å²) >= 11 is 2.11. The quantitative estimate of drug-likeness (QED) is 0.520. The number of nitrogens with zero attached hydrogens (tertiary/aromatic N) is 1. The first-order valence-electron chi connectivity index (χ1n) is 6.53. The van der Waals surface area contributed by atoms with E-state index in [1.54, 1.807) is 55.7 Å². The van der Waals surface area contributed by atoms with Crippen molar-refractivity contribution in [3.63, 3.8) is 0 Å². The number of rotatable bonds is 6. The summed E-state index contributed by atoms with van der Waals surface area (Å²) in [5.74, 6) is 0.604. The fourth-order valence-corrected chi connectivity index (χ4v) is 4.23. The van der Waals surface area contributed by atoms with Gasteiger partial charge in [0.15, 0.2) is 0 Å². The molecule has 2 rings (SSSR count). The van der Waals surface area contributed by atoms with Crippen LogP contribution in [0.4, 0.5) is 5.69 Å². The Morgan fingerprint density at radius 2 is 1.91 bits per heavy atom. The molecule has 0 aliphatic rings. The van der Waals surface area contributed by atoms with Gasteiger partial charge in [0.2, 0.25) is 0 Å². The van der Waals surface area contributed by atoms with E-state index in [0.717, 1.165) is 3.57 Å². The minimum absolute atomic E-state index is 0.181. The third-order valence-electron chi connectivity index (χ3n) is 3.05. The number of benzene rings is 2. The molecule has 0 aromatic heterocycles. The number of methoxy groups -OCH3 is 1. The van der Waals surface area contributed by atoms with E-state index in [0.29, 0.717) is 11.4 Å². The summed E-state index contributed by atoms with van der Waals surface area (Å²) in [6, 6.07) is 13.7. The van der Waals surface area contributed by atoms with Gasteiger partial charge in [-0.1, -0.05) is 24.3 Å². The second-order valence-electron chi connectivity index (χ2n) is 4.46. The summed E-state index contributed by atoms with van der Waals surface area (Å²) < 4.78 is 33.2. The molecule has 0 spiro atoms. The largest absolute Gasteiger partial charge is 0.497 e. The zero-order chi connectivity index (χ0) is 16.2. The predicted octanol–water partition coefficient (Wildman–Crippen LogP) is 3.68. The number of hydrogen-bond donors (Lipinski definition) is 0. The lowest BCUT2D eigenvalue weighted by atomic mass is 10.3. The third-order valence-corrected chi connectivity index (χ3v) is 5.75. The van der Waals surface area contributed by atoms with Crippen LogP contribution in [0.2, 0.25) is 0 Å². The average molecular weight is 429 g/mol. The van der Waals surface area contributed by atoms with Crippen molar-refractivity contribution < 1.29 is 13.2 Å². The first-order chi connectivity index (χ1) is 10.5. The van der Waals surface area contributed by atoms with Crippen LogP contribution in [-0.4, -0.2) is 22.1 Å². The number of ether oxygens (including phenoxy) is 1. The van der Waals surface area contributed by atoms with Crippen molar-refractivity contribution >= 4 is 38.3 Å². The molecule has 0 saturated heterocycles. The Kier molecular flexibility index (Phi) is 5.47. The molecular weight excluding hydrogens is 413 g/mol. The Morgan fingerprint density at radius 3 is 2.50 bits per heavy atom. The van der Waals surface area contributed by atoms with E-state index < -0.39 is 10.0 Å². The molecule has 0 heterocycles. The molecule has 2 aromatic rings. The lowest BCUT2D eigenvalue weighted by Gasteiger charge is -2.24. The van der Waals surface area contributed by atoms with Gasteiger partial charge in [0.05, 0.1) is 24.2 Å². The Hall–Kier alpha value is -1.54. The number of halogens is 1. The van der Waals surface area contributed by atoms with E-state index in [-0.39, 0.29) is 11.4 Å². The molecule has 4 nitrogen and oxygen atoms in total. The van der Waals surface area contributed by atoms with Crippen molar-refractivity contribution in [3.05, 3.63) is 64.8 Å². The topological polar surface area (TPSA) is 46.6 Å². The van der Waals surface area contributed by atoms with E-state index in [1.807, 2.05) is 6.07 Å². The van der Waals surface area contributed by atoms with Crippen LogP contribution in [0.15, 0.2) is 66.1 Å². The highest BCUT2D eigenvalue weighted by molar-refractivity contribution is 14.1. The summed E-state index contributed by atoms with van der Waals surface area (Å²) in [6.45, 7) is 3.85. The normalized spacial score (nSPS) is 11.0. The lowest BCUT2D eigenvalue weighted by Crippen LogP contribution is -2.31. The van der Waals surface area contributed by atoms with Crippen LogP contribution in [0, 0.1) is 3.57 Å². The molecular formula is C16H16INO3S. The first kappa shape index (κ1) is 16.8. The Balaban J connectivity index is 2.58. The summed E-state index contributed by atoms with van der Waals surface area (Å²) in [5, 5.41) is 0. The highest BCUT2D eigenvalue weighted by Crippen LogP contribution is 2.31. The molecule has 6 heteroatoms. The van der Waals surface area contributed by atoms with Gasteiger partial charge in [-0.05, 0) is 46.9 Å². The monoisotopic (exact) mass is 429 g/mol. The molecule has 0 atom stereocenters. The third kappa shape index (κ3) is 3.44. The molecule has 0 N–H and O–H groups in total. The van der Waals surface area contributed by atoms with Crippen molar-refractivity contribution in [2.45, 2.75) is 4.90 Å². The Labute approximate surface area is 144 Å². The molecule has 0 aliphatic heterocycles. The van der Waals surface area contributed by atoms with Gasteiger partial charge in [0.25, 0.3) is 10.0 Å². The first-order valence-corrected chi connectivity index (χ1v) is 9.05. The molecule has 0 bridgehead atoms. The predicted molar refractivity (Wildman–Crippen MR) is 96.9 cm³/mol. The fourth-order valence-electron chi connectivity index (χ4n) is 1.97. The summed E-state index contributed by atoms with van der Waals surface area (Å²) in [7, 11) is -2.11. The van der Waals surface area contributed by atoms with Gasteiger partial charge in [-0.2, -0.15) is 0 Å². The van der Waals surface area contributed by atoms with Crippen LogP contribution in [0.3, 0.4) is 0 Å². The summed E-state index contributed by atoms with van der Waals surface area (Å²) in [4.78, 5) is 0.246. The van der Waals surface area contributed by atoms with Gasteiger partial charge in [-0.3, -0.25) is 4.31 Å². The maximum Gasteiger partial charge on any atom is 0.264 e. The van der Waals surface area contributed by atoms with Crippen molar-refractivity contribution in [2.24, 2.45) is 0 Å². The van der Waals surface area contributed by atoms with Crippen LogP contribution in [0.1, 0.15) is 0 Å². The summed E-state index contributed by atoms with van der Waals surface area (Å²) in [6.07, 6.45) is 1.57. The Bertz CT molecular complexity index is 760. The highest BCUT2D eigenvalue weighted by atomic mass is 127. The molecule has 22 heavy (non-hydrogen) atoms. The lowest BCUT2D eigenvalue weighted by molar-refractivity contribution is 0.415. The average Bonchev–Trinajstić information content (AvgIpc) is 2.54. The van der Waals surface area contributed by atoms with Gasteiger partial charge in [0.1, 0.15) is 5.75 Å². The van der Waals surface area contributed by atoms with Crippen molar-refractivity contribution in [3.8, 4) is 5.75 Å². The second kappa shape index (κ2) is 7.15. The fraction of sp³-hybridized carbons (Fsp3) is 0.125. The number of hydrogen-bond acceptors (Lipinski definition) is 3.